The first-order valence-corrected chi connectivity index (χ1v) is 12.8. The Morgan fingerprint density at radius 2 is 1.68 bits per heavy atom. The van der Waals surface area contributed by atoms with Crippen LogP contribution in [-0.2, 0) is 6.54 Å². The number of hydrogen-bond donors (Lipinski definition) is 3. The fraction of sp³-hybridized carbons (Fsp3) is 0.464. The lowest BCUT2D eigenvalue weighted by Gasteiger charge is -2.33. The lowest BCUT2D eigenvalue weighted by Crippen LogP contribution is -2.46. The molecule has 8 nitrogen and oxygen atoms in total. The number of halogens is 1. The highest BCUT2D eigenvalue weighted by Crippen LogP contribution is 2.40. The molecule has 2 aromatic carbocycles. The monoisotopic (exact) mass is 527 g/mol. The van der Waals surface area contributed by atoms with E-state index in [1.54, 1.807) is 24.0 Å². The second-order valence-corrected chi connectivity index (χ2v) is 11.7. The van der Waals surface area contributed by atoms with Crippen molar-refractivity contribution in [3.8, 4) is 0 Å². The standard InChI is InChI=1S/C28H34ClN3O5/c1-13(2)23(15(4)33)32-12-16-17(29)9-10-18(20(16)27(32)36)30-21-22(25(35)24(21)34)31-26(28(5,6)7)19-11-8-14(3)37-19/h8-11,13,15,23,26,30-31,33H,12H2,1-7H3/t15-,23+,26+/m1/s1. The van der Waals surface area contributed by atoms with Gasteiger partial charge in [-0.05, 0) is 49.4 Å². The maximum Gasteiger partial charge on any atom is 0.257 e. The summed E-state index contributed by atoms with van der Waals surface area (Å²) in [7, 11) is 0. The molecule has 1 amide bonds. The van der Waals surface area contributed by atoms with E-state index >= 15 is 0 Å². The largest absolute Gasteiger partial charge is 0.464 e. The molecule has 2 heterocycles. The number of anilines is 3. The van der Waals surface area contributed by atoms with Gasteiger partial charge in [0.2, 0.25) is 0 Å². The number of carbonyl (C=O) groups is 1. The van der Waals surface area contributed by atoms with E-state index in [0.717, 1.165) is 5.76 Å². The van der Waals surface area contributed by atoms with Gasteiger partial charge in [0.15, 0.2) is 0 Å². The van der Waals surface area contributed by atoms with E-state index < -0.39 is 23.0 Å². The highest BCUT2D eigenvalue weighted by atomic mass is 35.5. The molecule has 1 aliphatic heterocycles. The molecule has 0 spiro atoms. The molecule has 3 atom stereocenters. The lowest BCUT2D eigenvalue weighted by molar-refractivity contribution is 0.0285. The highest BCUT2D eigenvalue weighted by molar-refractivity contribution is 6.32. The van der Waals surface area contributed by atoms with Crippen LogP contribution in [0.4, 0.5) is 17.1 Å². The number of carbonyl (C=O) groups excluding carboxylic acids is 1. The number of benzene rings is 1. The molecule has 37 heavy (non-hydrogen) atoms. The first-order chi connectivity index (χ1) is 17.2. The zero-order chi connectivity index (χ0) is 27.4. The van der Waals surface area contributed by atoms with Gasteiger partial charge in [-0.15, -0.1) is 0 Å². The van der Waals surface area contributed by atoms with Crippen molar-refractivity contribution in [1.82, 2.24) is 4.90 Å². The van der Waals surface area contributed by atoms with Crippen LogP contribution in [0, 0.1) is 18.3 Å². The molecular weight excluding hydrogens is 494 g/mol. The second kappa shape index (κ2) is 9.65. The van der Waals surface area contributed by atoms with Crippen molar-refractivity contribution in [2.75, 3.05) is 10.6 Å². The van der Waals surface area contributed by atoms with E-state index in [-0.39, 0.29) is 41.2 Å². The summed E-state index contributed by atoms with van der Waals surface area (Å²) >= 11 is 6.46. The third-order valence-corrected chi connectivity index (χ3v) is 7.32. The number of aliphatic hydroxyl groups is 1. The summed E-state index contributed by atoms with van der Waals surface area (Å²) in [6.45, 7) is 13.7. The fourth-order valence-electron chi connectivity index (χ4n) is 5.18. The van der Waals surface area contributed by atoms with Crippen LogP contribution in [0.3, 0.4) is 0 Å². The zero-order valence-corrected chi connectivity index (χ0v) is 23.0. The molecule has 0 aliphatic carbocycles. The Kier molecular flexibility index (Phi) is 7.03. The number of nitrogens with zero attached hydrogens (tertiary/aromatic N) is 1. The van der Waals surface area contributed by atoms with E-state index in [1.165, 1.54) is 0 Å². The van der Waals surface area contributed by atoms with Crippen LogP contribution in [0.5, 0.6) is 0 Å². The van der Waals surface area contributed by atoms with Crippen molar-refractivity contribution < 1.29 is 14.3 Å². The van der Waals surface area contributed by atoms with Crippen molar-refractivity contribution in [3.63, 3.8) is 0 Å². The van der Waals surface area contributed by atoms with Gasteiger partial charge in [-0.2, -0.15) is 0 Å². The zero-order valence-electron chi connectivity index (χ0n) is 22.2. The van der Waals surface area contributed by atoms with Gasteiger partial charge in [0.05, 0.1) is 29.4 Å². The summed E-state index contributed by atoms with van der Waals surface area (Å²) in [6.07, 6.45) is -0.739. The van der Waals surface area contributed by atoms with Crippen LogP contribution in [-0.4, -0.2) is 28.1 Å². The Balaban J connectivity index is 1.70. The first kappa shape index (κ1) is 26.9. The summed E-state index contributed by atoms with van der Waals surface area (Å²) in [5.41, 5.74) is -0.0545. The second-order valence-electron chi connectivity index (χ2n) is 11.3. The van der Waals surface area contributed by atoms with Crippen LogP contribution >= 0.6 is 11.6 Å². The first-order valence-electron chi connectivity index (χ1n) is 12.5. The van der Waals surface area contributed by atoms with Gasteiger partial charge in [-0.25, -0.2) is 0 Å². The topological polar surface area (TPSA) is 112 Å². The van der Waals surface area contributed by atoms with Crippen LogP contribution in [0.2, 0.25) is 5.02 Å². The van der Waals surface area contributed by atoms with Crippen molar-refractivity contribution in [2.24, 2.45) is 11.3 Å². The number of hydrogen-bond acceptors (Lipinski definition) is 7. The Bertz CT molecular complexity index is 1400. The van der Waals surface area contributed by atoms with E-state index in [1.807, 2.05) is 53.7 Å². The van der Waals surface area contributed by atoms with E-state index in [9.17, 15) is 19.5 Å². The van der Waals surface area contributed by atoms with Gasteiger partial charge in [-0.3, -0.25) is 14.4 Å². The Labute approximate surface area is 221 Å². The van der Waals surface area contributed by atoms with Crippen molar-refractivity contribution in [1.29, 1.82) is 0 Å². The third-order valence-electron chi connectivity index (χ3n) is 6.97. The average molecular weight is 528 g/mol. The molecule has 3 aromatic rings. The van der Waals surface area contributed by atoms with Crippen LogP contribution in [0.15, 0.2) is 38.3 Å². The summed E-state index contributed by atoms with van der Waals surface area (Å²) in [6, 6.07) is 6.21. The van der Waals surface area contributed by atoms with Crippen LogP contribution in [0.25, 0.3) is 0 Å². The Morgan fingerprint density at radius 3 is 2.22 bits per heavy atom. The van der Waals surface area contributed by atoms with Crippen molar-refractivity contribution in [2.45, 2.75) is 73.2 Å². The van der Waals surface area contributed by atoms with Gasteiger partial charge in [0.25, 0.3) is 16.8 Å². The Hall–Kier alpha value is -3.10. The predicted molar refractivity (Wildman–Crippen MR) is 146 cm³/mol. The number of furan rings is 1. The van der Waals surface area contributed by atoms with Gasteiger partial charge < -0.3 is 25.1 Å². The van der Waals surface area contributed by atoms with Gasteiger partial charge in [-0.1, -0.05) is 46.2 Å². The molecule has 0 saturated heterocycles. The number of rotatable bonds is 8. The molecule has 1 aromatic heterocycles. The molecule has 0 radical (unpaired) electrons. The molecule has 0 saturated carbocycles. The molecule has 4 rings (SSSR count). The molecule has 0 unspecified atom stereocenters. The molecule has 0 fully saturated rings. The lowest BCUT2D eigenvalue weighted by atomic mass is 9.85. The SMILES string of the molecule is Cc1ccc([C@H](Nc2c(Nc3ccc(Cl)c4c3C(=O)N([C@@H](C(C)C)[C@@H](C)O)C4)c(=O)c2=O)C(C)(C)C)o1. The number of fused-ring (bicyclic) bond motifs is 1. The molecular formula is C28H34ClN3O5. The summed E-state index contributed by atoms with van der Waals surface area (Å²) in [4.78, 5) is 40.5. The minimum absolute atomic E-state index is 0.0114. The van der Waals surface area contributed by atoms with Gasteiger partial charge in [0, 0.05) is 17.1 Å². The molecule has 198 valence electrons. The van der Waals surface area contributed by atoms with Gasteiger partial charge in [0.1, 0.15) is 22.9 Å². The number of aliphatic hydroxyl groups excluding tert-OH is 1. The minimum Gasteiger partial charge on any atom is -0.464 e. The Morgan fingerprint density at radius 1 is 1.03 bits per heavy atom. The minimum atomic E-state index is -0.739. The molecule has 3 N–H and O–H groups in total. The molecule has 1 aliphatic rings. The maximum absolute atomic E-state index is 13.6. The average Bonchev–Trinajstić information content (AvgIpc) is 3.37. The molecule has 0 bridgehead atoms. The van der Waals surface area contributed by atoms with Gasteiger partial charge >= 0.3 is 0 Å². The normalized spacial score (nSPS) is 16.3. The van der Waals surface area contributed by atoms with Crippen molar-refractivity contribution >= 4 is 34.6 Å². The van der Waals surface area contributed by atoms with Crippen molar-refractivity contribution in [3.05, 3.63) is 72.4 Å². The van der Waals surface area contributed by atoms with Crippen LogP contribution in [0.1, 0.15) is 75.0 Å². The predicted octanol–water partition coefficient (Wildman–Crippen LogP) is 5.14. The molecule has 9 heteroatoms. The smallest absolute Gasteiger partial charge is 0.257 e. The van der Waals surface area contributed by atoms with Crippen LogP contribution < -0.4 is 21.5 Å². The quantitative estimate of drug-likeness (QED) is 0.348. The summed E-state index contributed by atoms with van der Waals surface area (Å²) < 4.78 is 5.83. The van der Waals surface area contributed by atoms with E-state index in [0.29, 0.717) is 27.6 Å². The number of aryl methyl sites for hydroxylation is 1. The number of amides is 1. The fourth-order valence-corrected chi connectivity index (χ4v) is 5.40. The van der Waals surface area contributed by atoms with E-state index in [4.69, 9.17) is 16.0 Å². The summed E-state index contributed by atoms with van der Waals surface area (Å²) in [5, 5.41) is 17.1. The highest BCUT2D eigenvalue weighted by Gasteiger charge is 2.40. The third kappa shape index (κ3) is 4.80. The van der Waals surface area contributed by atoms with E-state index in [2.05, 4.69) is 10.6 Å². The maximum atomic E-state index is 13.6. The number of nitrogens with one attached hydrogen (secondary N) is 2. The summed E-state index contributed by atoms with van der Waals surface area (Å²) in [5.74, 6) is 1.12.